The summed E-state index contributed by atoms with van der Waals surface area (Å²) < 4.78 is 11.4. The van der Waals surface area contributed by atoms with Crippen molar-refractivity contribution in [3.05, 3.63) is 76.4 Å². The molecular weight excluding hydrogens is 444 g/mol. The lowest BCUT2D eigenvalue weighted by molar-refractivity contribution is -0.133. The van der Waals surface area contributed by atoms with E-state index < -0.39 is 23.1 Å². The lowest BCUT2D eigenvalue weighted by atomic mass is 10.1. The molecule has 1 atom stereocenters. The fourth-order valence-electron chi connectivity index (χ4n) is 3.55. The van der Waals surface area contributed by atoms with Crippen LogP contribution >= 0.6 is 11.8 Å². The van der Waals surface area contributed by atoms with Gasteiger partial charge >= 0.3 is 11.9 Å². The van der Waals surface area contributed by atoms with Crippen LogP contribution in [0.25, 0.3) is 11.0 Å². The molecule has 168 valence electrons. The van der Waals surface area contributed by atoms with Gasteiger partial charge in [-0.1, -0.05) is 11.8 Å². The normalized spacial score (nSPS) is 15.8. The number of pyridine rings is 2. The SMILES string of the molecule is CCOC(=O)c1c(N)/c(=C\c2ccncc2)c2n1C(=O)[C@H](c1ccncc1)SC=2C(=O)OC. The third kappa shape index (κ3) is 4.00. The summed E-state index contributed by atoms with van der Waals surface area (Å²) in [5.41, 5.74) is 7.65. The van der Waals surface area contributed by atoms with Crippen molar-refractivity contribution in [2.75, 3.05) is 19.5 Å². The first kappa shape index (κ1) is 22.3. The Bertz CT molecular complexity index is 1350. The van der Waals surface area contributed by atoms with Crippen LogP contribution in [0.5, 0.6) is 0 Å². The minimum atomic E-state index is -0.816. The highest BCUT2D eigenvalue weighted by atomic mass is 32.2. The van der Waals surface area contributed by atoms with E-state index in [4.69, 9.17) is 15.2 Å². The predicted molar refractivity (Wildman–Crippen MR) is 122 cm³/mol. The first-order valence-electron chi connectivity index (χ1n) is 10.00. The minimum Gasteiger partial charge on any atom is -0.465 e. The van der Waals surface area contributed by atoms with Crippen LogP contribution in [0.2, 0.25) is 0 Å². The zero-order valence-electron chi connectivity index (χ0n) is 17.8. The van der Waals surface area contributed by atoms with E-state index in [0.29, 0.717) is 10.8 Å². The number of methoxy groups -OCH3 is 1. The van der Waals surface area contributed by atoms with Gasteiger partial charge in [-0.2, -0.15) is 0 Å². The standard InChI is InChI=1S/C23H20N4O5S/c1-3-32-22(29)18-16(24)15(12-13-4-8-25-9-5-13)17-20(23(30)31-2)33-19(21(28)27(17)18)14-6-10-26-11-7-14/h4-12,19H,3,24H2,1-2H3/b15-12+/t19-/m0/s1. The second kappa shape index (κ2) is 9.29. The van der Waals surface area contributed by atoms with Crippen LogP contribution < -0.4 is 16.3 Å². The van der Waals surface area contributed by atoms with Crippen LogP contribution in [-0.4, -0.2) is 46.1 Å². The molecule has 10 heteroatoms. The number of nitrogens with zero attached hydrogens (tertiary/aromatic N) is 3. The molecule has 0 aliphatic carbocycles. The zero-order chi connectivity index (χ0) is 23.5. The third-order valence-electron chi connectivity index (χ3n) is 5.01. The smallest absolute Gasteiger partial charge is 0.357 e. The molecule has 4 heterocycles. The van der Waals surface area contributed by atoms with E-state index in [2.05, 4.69) is 9.97 Å². The molecule has 0 amide bonds. The first-order valence-corrected chi connectivity index (χ1v) is 10.9. The molecule has 0 saturated carbocycles. The molecule has 0 aromatic carbocycles. The maximum absolute atomic E-state index is 13.7. The summed E-state index contributed by atoms with van der Waals surface area (Å²) in [5.74, 6) is -1.84. The molecule has 0 unspecified atom stereocenters. The summed E-state index contributed by atoms with van der Waals surface area (Å²) >= 11 is 1.04. The molecule has 3 aromatic heterocycles. The number of aromatic nitrogens is 3. The van der Waals surface area contributed by atoms with Gasteiger partial charge in [-0.05, 0) is 48.4 Å². The van der Waals surface area contributed by atoms with Crippen LogP contribution in [0.3, 0.4) is 0 Å². The van der Waals surface area contributed by atoms with Gasteiger partial charge in [-0.3, -0.25) is 19.3 Å². The van der Waals surface area contributed by atoms with Crippen molar-refractivity contribution in [1.29, 1.82) is 0 Å². The highest BCUT2D eigenvalue weighted by Gasteiger charge is 2.38. The van der Waals surface area contributed by atoms with Gasteiger partial charge in [0.2, 0.25) is 5.91 Å². The fourth-order valence-corrected chi connectivity index (χ4v) is 4.78. The van der Waals surface area contributed by atoms with E-state index in [1.54, 1.807) is 62.1 Å². The highest BCUT2D eigenvalue weighted by molar-refractivity contribution is 8.10. The lowest BCUT2D eigenvalue weighted by Crippen LogP contribution is -2.42. The Kier molecular flexibility index (Phi) is 6.27. The average molecular weight is 465 g/mol. The number of rotatable bonds is 5. The van der Waals surface area contributed by atoms with Gasteiger partial charge in [0.05, 0.1) is 24.8 Å². The van der Waals surface area contributed by atoms with Crippen LogP contribution in [0.4, 0.5) is 5.69 Å². The van der Waals surface area contributed by atoms with Gasteiger partial charge in [0.15, 0.2) is 5.69 Å². The topological polar surface area (TPSA) is 126 Å². The van der Waals surface area contributed by atoms with E-state index >= 15 is 0 Å². The number of carbonyl (C=O) groups is 3. The highest BCUT2D eigenvalue weighted by Crippen LogP contribution is 2.39. The number of fused-ring (bicyclic) bond motifs is 1. The Hall–Kier alpha value is -3.92. The Morgan fingerprint density at radius 1 is 1.12 bits per heavy atom. The summed E-state index contributed by atoms with van der Waals surface area (Å²) in [6, 6.07) is 6.83. The van der Waals surface area contributed by atoms with Gasteiger partial charge in [0.25, 0.3) is 0 Å². The number of hydrogen-bond acceptors (Lipinski definition) is 9. The Morgan fingerprint density at radius 2 is 1.76 bits per heavy atom. The molecule has 0 radical (unpaired) electrons. The van der Waals surface area contributed by atoms with Crippen LogP contribution in [0.1, 0.15) is 38.6 Å². The third-order valence-corrected chi connectivity index (χ3v) is 6.31. The largest absolute Gasteiger partial charge is 0.465 e. The number of anilines is 1. The summed E-state index contributed by atoms with van der Waals surface area (Å²) in [6.07, 6.45) is 7.99. The number of thioether (sulfide) groups is 1. The quantitative estimate of drug-likeness (QED) is 0.556. The van der Waals surface area contributed by atoms with Crippen LogP contribution in [0.15, 0.2) is 49.1 Å². The van der Waals surface area contributed by atoms with E-state index in [1.807, 2.05) is 0 Å². The summed E-state index contributed by atoms with van der Waals surface area (Å²) in [4.78, 5) is 47.6. The van der Waals surface area contributed by atoms with Gasteiger partial charge in [-0.25, -0.2) is 9.59 Å². The molecule has 1 aliphatic rings. The maximum Gasteiger partial charge on any atom is 0.357 e. The maximum atomic E-state index is 13.7. The average Bonchev–Trinajstić information content (AvgIpc) is 3.13. The Labute approximate surface area is 192 Å². The molecule has 33 heavy (non-hydrogen) atoms. The molecular formula is C23H20N4O5S. The molecule has 2 N–H and O–H groups in total. The van der Waals surface area contributed by atoms with E-state index in [1.165, 1.54) is 11.7 Å². The Morgan fingerprint density at radius 3 is 2.36 bits per heavy atom. The van der Waals surface area contributed by atoms with E-state index in [-0.39, 0.29) is 28.2 Å². The molecule has 0 saturated heterocycles. The molecule has 1 aliphatic heterocycles. The first-order chi connectivity index (χ1) is 16.0. The van der Waals surface area contributed by atoms with Crippen molar-refractivity contribution < 1.29 is 23.9 Å². The van der Waals surface area contributed by atoms with Crippen molar-refractivity contribution in [3.8, 4) is 0 Å². The Balaban J connectivity index is 2.11. The van der Waals surface area contributed by atoms with E-state index in [9.17, 15) is 14.4 Å². The number of ether oxygens (including phenoxy) is 2. The molecule has 9 nitrogen and oxygen atoms in total. The minimum absolute atomic E-state index is 0.0333. The number of nitrogens with two attached hydrogens (primary N) is 1. The van der Waals surface area contributed by atoms with Gasteiger partial charge in [0.1, 0.15) is 10.2 Å². The summed E-state index contributed by atoms with van der Waals surface area (Å²) in [6.45, 7) is 1.74. The van der Waals surface area contributed by atoms with E-state index in [0.717, 1.165) is 17.3 Å². The second-order valence-electron chi connectivity index (χ2n) is 6.94. The van der Waals surface area contributed by atoms with Crippen LogP contribution in [0, 0.1) is 0 Å². The predicted octanol–water partition coefficient (Wildman–Crippen LogP) is 1.28. The molecule has 4 rings (SSSR count). The van der Waals surface area contributed by atoms with Gasteiger partial charge < -0.3 is 15.2 Å². The van der Waals surface area contributed by atoms with Crippen molar-refractivity contribution in [1.82, 2.24) is 14.5 Å². The number of carbonyl (C=O) groups excluding carboxylic acids is 3. The van der Waals surface area contributed by atoms with Gasteiger partial charge in [-0.15, -0.1) is 0 Å². The fraction of sp³-hybridized carbons (Fsp3) is 0.174. The second-order valence-corrected chi connectivity index (χ2v) is 8.06. The molecule has 0 fully saturated rings. The van der Waals surface area contributed by atoms with Crippen molar-refractivity contribution in [2.24, 2.45) is 0 Å². The zero-order valence-corrected chi connectivity index (χ0v) is 18.7. The van der Waals surface area contributed by atoms with Crippen LogP contribution in [-0.2, 0) is 14.3 Å². The van der Waals surface area contributed by atoms with Crippen molar-refractivity contribution >= 4 is 46.3 Å². The summed E-state index contributed by atoms with van der Waals surface area (Å²) in [7, 11) is 1.25. The molecule has 0 bridgehead atoms. The number of esters is 2. The summed E-state index contributed by atoms with van der Waals surface area (Å²) in [5, 5.41) is -0.276. The van der Waals surface area contributed by atoms with Crippen molar-refractivity contribution in [3.63, 3.8) is 0 Å². The monoisotopic (exact) mass is 464 g/mol. The van der Waals surface area contributed by atoms with Crippen molar-refractivity contribution in [2.45, 2.75) is 12.2 Å². The molecule has 0 spiro atoms. The number of nitrogen functional groups attached to an aromatic ring is 1. The number of hydrogen-bond donors (Lipinski definition) is 1. The molecule has 3 aromatic rings. The lowest BCUT2D eigenvalue weighted by Gasteiger charge is -2.23. The van der Waals surface area contributed by atoms with Gasteiger partial charge in [0, 0.05) is 30.0 Å².